The molecule has 1 aliphatic rings. The predicted octanol–water partition coefficient (Wildman–Crippen LogP) is 5.73. The summed E-state index contributed by atoms with van der Waals surface area (Å²) in [6.07, 6.45) is 1.50. The summed E-state index contributed by atoms with van der Waals surface area (Å²) in [5, 5.41) is 3.91. The van der Waals surface area contributed by atoms with E-state index in [1.54, 1.807) is 36.4 Å². The summed E-state index contributed by atoms with van der Waals surface area (Å²) in [5.74, 6) is -0.0847. The number of carbonyl (C=O) groups is 1. The Kier molecular flexibility index (Phi) is 5.83. The fourth-order valence-corrected chi connectivity index (χ4v) is 4.57. The minimum atomic E-state index is -3.49. The first-order valence-electron chi connectivity index (χ1n) is 9.66. The number of rotatable bonds is 6. The zero-order valence-corrected chi connectivity index (χ0v) is 19.0. The van der Waals surface area contributed by atoms with Crippen LogP contribution in [0, 0.1) is 0 Å². The number of benzene rings is 3. The first-order chi connectivity index (χ1) is 14.7. The van der Waals surface area contributed by atoms with E-state index in [0.29, 0.717) is 15.7 Å². The van der Waals surface area contributed by atoms with E-state index < -0.39 is 15.4 Å². The molecule has 8 heteroatoms. The molecule has 0 unspecified atom stereocenters. The molecule has 164 valence electrons. The van der Waals surface area contributed by atoms with Crippen LogP contribution in [-0.4, -0.2) is 21.4 Å². The van der Waals surface area contributed by atoms with Gasteiger partial charge in [0.2, 0.25) is 15.9 Å². The van der Waals surface area contributed by atoms with Crippen molar-refractivity contribution in [3.05, 3.63) is 82.3 Å². The highest BCUT2D eigenvalue weighted by molar-refractivity contribution is 7.89. The van der Waals surface area contributed by atoms with Crippen LogP contribution in [0.2, 0.25) is 10.0 Å². The average Bonchev–Trinajstić information content (AvgIpc) is 3.58. The van der Waals surface area contributed by atoms with E-state index in [9.17, 15) is 13.2 Å². The molecule has 3 aromatic carbocycles. The normalized spacial score (nSPS) is 14.8. The molecule has 1 saturated carbocycles. The van der Waals surface area contributed by atoms with Crippen molar-refractivity contribution in [1.29, 1.82) is 0 Å². The molecule has 1 amide bonds. The van der Waals surface area contributed by atoms with E-state index in [1.165, 1.54) is 7.05 Å². The molecule has 2 N–H and O–H groups in total. The lowest BCUT2D eigenvalue weighted by Gasteiger charge is -2.17. The van der Waals surface area contributed by atoms with Crippen molar-refractivity contribution in [2.24, 2.45) is 0 Å². The monoisotopic (exact) mass is 478 g/mol. The highest BCUT2D eigenvalue weighted by Crippen LogP contribution is 2.50. The second kappa shape index (κ2) is 8.28. The first-order valence-corrected chi connectivity index (χ1v) is 11.9. The molecule has 3 aromatic rings. The fourth-order valence-electron chi connectivity index (χ4n) is 3.54. The summed E-state index contributed by atoms with van der Waals surface area (Å²) < 4.78 is 26.1. The van der Waals surface area contributed by atoms with Gasteiger partial charge >= 0.3 is 0 Å². The molecule has 0 bridgehead atoms. The van der Waals surface area contributed by atoms with Gasteiger partial charge in [-0.25, -0.2) is 13.1 Å². The van der Waals surface area contributed by atoms with Gasteiger partial charge in [0.15, 0.2) is 0 Å². The number of halogens is 2. The Balaban J connectivity index is 0.00000193. The van der Waals surface area contributed by atoms with Gasteiger partial charge in [-0.3, -0.25) is 4.79 Å². The summed E-state index contributed by atoms with van der Waals surface area (Å²) in [5.41, 5.74) is 2.65. The molecule has 0 aliphatic heterocycles. The predicted molar refractivity (Wildman–Crippen MR) is 128 cm³/mol. The quantitative estimate of drug-likeness (QED) is 0.474. The number of nitrogens with one attached hydrogen (secondary N) is 2. The van der Waals surface area contributed by atoms with Gasteiger partial charge in [0.05, 0.1) is 20.4 Å². The van der Waals surface area contributed by atoms with Crippen molar-refractivity contribution >= 4 is 44.8 Å². The summed E-state index contributed by atoms with van der Waals surface area (Å²) in [6, 6.07) is 19.3. The minimum absolute atomic E-state index is 0. The zero-order chi connectivity index (χ0) is 22.2. The van der Waals surface area contributed by atoms with Crippen LogP contribution in [0.3, 0.4) is 0 Å². The van der Waals surface area contributed by atoms with Gasteiger partial charge in [0.1, 0.15) is 0 Å². The number of sulfonamides is 1. The van der Waals surface area contributed by atoms with Crippen LogP contribution in [-0.2, 0) is 20.2 Å². The van der Waals surface area contributed by atoms with Crippen molar-refractivity contribution in [3.8, 4) is 11.1 Å². The topological polar surface area (TPSA) is 75.3 Å². The van der Waals surface area contributed by atoms with Crippen LogP contribution < -0.4 is 10.0 Å². The lowest BCUT2D eigenvalue weighted by Crippen LogP contribution is -2.27. The molecule has 0 atom stereocenters. The van der Waals surface area contributed by atoms with Crippen molar-refractivity contribution in [2.45, 2.75) is 23.2 Å². The third-order valence-electron chi connectivity index (χ3n) is 5.54. The van der Waals surface area contributed by atoms with E-state index >= 15 is 0 Å². The molecule has 31 heavy (non-hydrogen) atoms. The molecule has 0 spiro atoms. The van der Waals surface area contributed by atoms with Crippen LogP contribution in [0.5, 0.6) is 0 Å². The highest BCUT2D eigenvalue weighted by Gasteiger charge is 2.51. The van der Waals surface area contributed by atoms with Crippen LogP contribution in [0.15, 0.2) is 71.6 Å². The van der Waals surface area contributed by atoms with E-state index in [2.05, 4.69) is 10.0 Å². The van der Waals surface area contributed by atoms with Gasteiger partial charge in [-0.05, 0) is 73.0 Å². The molecule has 5 nitrogen and oxygen atoms in total. The van der Waals surface area contributed by atoms with Crippen LogP contribution >= 0.6 is 23.2 Å². The Bertz CT molecular complexity index is 1260. The summed E-state index contributed by atoms with van der Waals surface area (Å²) in [6.45, 7) is 0. The zero-order valence-electron chi connectivity index (χ0n) is 16.7. The first kappa shape index (κ1) is 21.8. The number of hydrogen-bond donors (Lipinski definition) is 2. The number of amides is 1. The maximum absolute atomic E-state index is 13.1. The Hall–Kier alpha value is -2.38. The molecule has 1 aliphatic carbocycles. The Morgan fingerprint density at radius 3 is 2.26 bits per heavy atom. The summed E-state index contributed by atoms with van der Waals surface area (Å²) in [7, 11) is -2.11. The van der Waals surface area contributed by atoms with Crippen molar-refractivity contribution in [2.75, 3.05) is 12.4 Å². The van der Waals surface area contributed by atoms with Crippen LogP contribution in [0.25, 0.3) is 11.1 Å². The molecule has 1 fully saturated rings. The van der Waals surface area contributed by atoms with E-state index in [4.69, 9.17) is 23.2 Å². The van der Waals surface area contributed by atoms with Gasteiger partial charge in [0, 0.05) is 8.54 Å². The van der Waals surface area contributed by atoms with E-state index in [1.807, 2.05) is 30.3 Å². The van der Waals surface area contributed by atoms with Gasteiger partial charge in [-0.15, -0.1) is 0 Å². The minimum Gasteiger partial charge on any atom is -0.325 e. The van der Waals surface area contributed by atoms with Crippen molar-refractivity contribution in [3.63, 3.8) is 0 Å². The molecule has 0 aromatic heterocycles. The standard InChI is InChI=1S/C23H20Cl2N2O3S.2H2/c1-26-31(29,30)19-8-5-15(6-9-19)16-3-2-4-18(13-16)27-22(28)23(11-12-23)17-7-10-20(24)21(25)14-17;;/h2-10,13-14,26H,11-12H2,1H3,(H,27,28);2*1H. The second-order valence-electron chi connectivity index (χ2n) is 7.48. The average molecular weight is 479 g/mol. The van der Waals surface area contributed by atoms with E-state index in [-0.39, 0.29) is 13.7 Å². The van der Waals surface area contributed by atoms with E-state index in [0.717, 1.165) is 29.5 Å². The maximum atomic E-state index is 13.1. The summed E-state index contributed by atoms with van der Waals surface area (Å²) in [4.78, 5) is 13.3. The molecule has 0 radical (unpaired) electrons. The smallest absolute Gasteiger partial charge is 0.240 e. The van der Waals surface area contributed by atoms with Crippen molar-refractivity contribution < 1.29 is 16.1 Å². The maximum Gasteiger partial charge on any atom is 0.240 e. The SMILES string of the molecule is CNS(=O)(=O)c1ccc(-c2cccc(NC(=O)C3(c4ccc(Cl)c(Cl)c4)CC3)c2)cc1.[HH].[HH]. The van der Waals surface area contributed by atoms with Crippen LogP contribution in [0.1, 0.15) is 21.3 Å². The Morgan fingerprint density at radius 2 is 1.65 bits per heavy atom. The molecule has 4 rings (SSSR count). The van der Waals surface area contributed by atoms with Gasteiger partial charge in [-0.1, -0.05) is 53.5 Å². The Morgan fingerprint density at radius 1 is 0.935 bits per heavy atom. The van der Waals surface area contributed by atoms with Gasteiger partial charge in [0.25, 0.3) is 0 Å². The number of anilines is 1. The number of hydrogen-bond acceptors (Lipinski definition) is 3. The third kappa shape index (κ3) is 4.34. The third-order valence-corrected chi connectivity index (χ3v) is 7.71. The molecular weight excluding hydrogens is 455 g/mol. The highest BCUT2D eigenvalue weighted by atomic mass is 35.5. The van der Waals surface area contributed by atoms with Gasteiger partial charge in [-0.2, -0.15) is 0 Å². The fraction of sp³-hybridized carbons (Fsp3) is 0.174. The van der Waals surface area contributed by atoms with Crippen LogP contribution in [0.4, 0.5) is 5.69 Å². The Labute approximate surface area is 194 Å². The molecule has 0 heterocycles. The molecule has 0 saturated heterocycles. The lowest BCUT2D eigenvalue weighted by molar-refractivity contribution is -0.118. The second-order valence-corrected chi connectivity index (χ2v) is 10.2. The summed E-state index contributed by atoms with van der Waals surface area (Å²) >= 11 is 12.2. The van der Waals surface area contributed by atoms with Gasteiger partial charge < -0.3 is 5.32 Å². The molecular formula is C23H24Cl2N2O3S. The number of carbonyl (C=O) groups excluding carboxylic acids is 1. The largest absolute Gasteiger partial charge is 0.325 e. The lowest BCUT2D eigenvalue weighted by atomic mass is 9.94. The van der Waals surface area contributed by atoms with Crippen molar-refractivity contribution in [1.82, 2.24) is 4.72 Å².